The van der Waals surface area contributed by atoms with Gasteiger partial charge in [0.1, 0.15) is 28.6 Å². The summed E-state index contributed by atoms with van der Waals surface area (Å²) in [7, 11) is 3.11. The number of benzene rings is 1. The first-order valence-electron chi connectivity index (χ1n) is 11.5. The first kappa shape index (κ1) is 24.6. The first-order chi connectivity index (χ1) is 17.7. The Labute approximate surface area is 209 Å². The van der Waals surface area contributed by atoms with Crippen LogP contribution in [0.2, 0.25) is 0 Å². The molecule has 0 bridgehead atoms. The average molecular weight is 512 g/mol. The highest BCUT2D eigenvalue weighted by Crippen LogP contribution is 2.47. The zero-order valence-electron chi connectivity index (χ0n) is 20.0. The van der Waals surface area contributed by atoms with Crippen LogP contribution >= 0.6 is 0 Å². The predicted octanol–water partition coefficient (Wildman–Crippen LogP) is 4.40. The second kappa shape index (κ2) is 9.43. The van der Waals surface area contributed by atoms with E-state index < -0.39 is 30.3 Å². The van der Waals surface area contributed by atoms with Crippen molar-refractivity contribution in [3.63, 3.8) is 0 Å². The van der Waals surface area contributed by atoms with Crippen LogP contribution in [0.25, 0.3) is 33.5 Å². The number of hydrogen-bond acceptors (Lipinski definition) is 7. The molecule has 1 aliphatic rings. The molecule has 37 heavy (non-hydrogen) atoms. The molecule has 3 aromatic heterocycles. The number of halogens is 3. The number of alkyl halides is 3. The Bertz CT molecular complexity index is 1450. The highest BCUT2D eigenvalue weighted by molar-refractivity contribution is 5.99. The molecule has 9 nitrogen and oxygen atoms in total. The number of carbonyl (C=O) groups excluding carboxylic acids is 1. The number of methoxy groups -OCH3 is 1. The quantitative estimate of drug-likeness (QED) is 0.423. The van der Waals surface area contributed by atoms with E-state index in [-0.39, 0.29) is 30.3 Å². The van der Waals surface area contributed by atoms with E-state index in [1.54, 1.807) is 17.9 Å². The molecule has 192 valence electrons. The molecule has 1 aliphatic heterocycles. The van der Waals surface area contributed by atoms with Gasteiger partial charge in [0, 0.05) is 43.7 Å². The maximum absolute atomic E-state index is 14.1. The van der Waals surface area contributed by atoms with Gasteiger partial charge in [0.15, 0.2) is 11.6 Å². The largest absolute Gasteiger partial charge is 0.493 e. The minimum absolute atomic E-state index is 0.0735. The fourth-order valence-electron chi connectivity index (χ4n) is 4.47. The molecule has 5 rings (SSSR count). The average Bonchev–Trinajstić information content (AvgIpc) is 3.29. The predicted molar refractivity (Wildman–Crippen MR) is 129 cm³/mol. The minimum Gasteiger partial charge on any atom is -0.493 e. The highest BCUT2D eigenvalue weighted by Gasteiger charge is 2.60. The third kappa shape index (κ3) is 4.37. The Balaban J connectivity index is 1.62. The van der Waals surface area contributed by atoms with Gasteiger partial charge >= 0.3 is 6.18 Å². The smallest absolute Gasteiger partial charge is 0.403 e. The van der Waals surface area contributed by atoms with Crippen molar-refractivity contribution in [2.24, 2.45) is 12.5 Å². The molecule has 0 spiro atoms. The normalized spacial score (nSPS) is 15.5. The lowest BCUT2D eigenvalue weighted by molar-refractivity contribution is -0.237. The van der Waals surface area contributed by atoms with E-state index in [0.717, 1.165) is 5.56 Å². The molecule has 1 amide bonds. The van der Waals surface area contributed by atoms with Gasteiger partial charge in [-0.1, -0.05) is 30.3 Å². The SMILES string of the molecule is COc1cc2ncnc(-c3cn(C)nc3-c3ccccc3)c2nc1NC(=O)C1(C(F)(F)F)CCOCC1. The number of nitrogens with one attached hydrogen (secondary N) is 1. The number of fused-ring (bicyclic) bond motifs is 1. The molecule has 4 aromatic rings. The van der Waals surface area contributed by atoms with Crippen molar-refractivity contribution in [3.05, 3.63) is 48.9 Å². The maximum atomic E-state index is 14.1. The summed E-state index contributed by atoms with van der Waals surface area (Å²) < 4.78 is 54.3. The Kier molecular flexibility index (Phi) is 6.28. The van der Waals surface area contributed by atoms with Crippen LogP contribution in [-0.2, 0) is 16.6 Å². The summed E-state index contributed by atoms with van der Waals surface area (Å²) in [6, 6.07) is 11.0. The fraction of sp³-hybridized carbons (Fsp3) is 0.320. The van der Waals surface area contributed by atoms with Crippen molar-refractivity contribution >= 4 is 22.8 Å². The summed E-state index contributed by atoms with van der Waals surface area (Å²) in [6.07, 6.45) is -2.60. The van der Waals surface area contributed by atoms with Gasteiger partial charge < -0.3 is 14.8 Å². The summed E-state index contributed by atoms with van der Waals surface area (Å²) in [5.74, 6) is -1.29. The Morgan fingerprint density at radius 1 is 1.14 bits per heavy atom. The van der Waals surface area contributed by atoms with Crippen LogP contribution in [0.1, 0.15) is 12.8 Å². The van der Waals surface area contributed by atoms with Gasteiger partial charge in [0.25, 0.3) is 0 Å². The van der Waals surface area contributed by atoms with Crippen molar-refractivity contribution < 1.29 is 27.4 Å². The molecule has 1 aromatic carbocycles. The topological polar surface area (TPSA) is 104 Å². The van der Waals surface area contributed by atoms with E-state index in [1.807, 2.05) is 30.3 Å². The summed E-state index contributed by atoms with van der Waals surface area (Å²) in [4.78, 5) is 26.3. The summed E-state index contributed by atoms with van der Waals surface area (Å²) in [6.45, 7) is -0.340. The molecule has 0 unspecified atom stereocenters. The zero-order chi connectivity index (χ0) is 26.2. The Hall–Kier alpha value is -4.06. The van der Waals surface area contributed by atoms with Crippen LogP contribution in [0.3, 0.4) is 0 Å². The molecule has 4 heterocycles. The second-order valence-corrected chi connectivity index (χ2v) is 8.71. The van der Waals surface area contributed by atoms with Gasteiger partial charge in [0.05, 0.1) is 12.6 Å². The molecular weight excluding hydrogens is 489 g/mol. The molecule has 0 saturated carbocycles. The Morgan fingerprint density at radius 3 is 2.54 bits per heavy atom. The van der Waals surface area contributed by atoms with Gasteiger partial charge in [-0.3, -0.25) is 9.48 Å². The van der Waals surface area contributed by atoms with Crippen LogP contribution < -0.4 is 10.1 Å². The highest BCUT2D eigenvalue weighted by atomic mass is 19.4. The van der Waals surface area contributed by atoms with Gasteiger partial charge in [-0.05, 0) is 12.8 Å². The lowest BCUT2D eigenvalue weighted by Crippen LogP contribution is -2.51. The first-order valence-corrected chi connectivity index (χ1v) is 11.5. The van der Waals surface area contributed by atoms with E-state index in [1.165, 1.54) is 19.5 Å². The van der Waals surface area contributed by atoms with E-state index in [9.17, 15) is 18.0 Å². The number of hydrogen-bond donors (Lipinski definition) is 1. The van der Waals surface area contributed by atoms with Crippen LogP contribution in [0.5, 0.6) is 5.75 Å². The van der Waals surface area contributed by atoms with Crippen LogP contribution in [0.4, 0.5) is 19.0 Å². The zero-order valence-corrected chi connectivity index (χ0v) is 20.0. The van der Waals surface area contributed by atoms with E-state index >= 15 is 0 Å². The Morgan fingerprint density at radius 2 is 1.86 bits per heavy atom. The molecule has 1 fully saturated rings. The molecule has 0 aliphatic carbocycles. The van der Waals surface area contributed by atoms with Gasteiger partial charge in [-0.2, -0.15) is 18.3 Å². The number of amides is 1. The third-order valence-corrected chi connectivity index (χ3v) is 6.48. The van der Waals surface area contributed by atoms with E-state index in [4.69, 9.17) is 9.47 Å². The number of pyridine rings is 1. The summed E-state index contributed by atoms with van der Waals surface area (Å²) in [5.41, 5.74) is 0.616. The molecule has 1 N–H and O–H groups in total. The molecule has 0 radical (unpaired) electrons. The van der Waals surface area contributed by atoms with Crippen LogP contribution in [0, 0.1) is 5.41 Å². The number of nitrogens with zero attached hydrogens (tertiary/aromatic N) is 5. The maximum Gasteiger partial charge on any atom is 0.403 e. The number of rotatable bonds is 5. The van der Waals surface area contributed by atoms with Gasteiger partial charge in [0.2, 0.25) is 5.91 Å². The van der Waals surface area contributed by atoms with Crippen molar-refractivity contribution in [3.8, 4) is 28.3 Å². The molecule has 1 saturated heterocycles. The van der Waals surface area contributed by atoms with Crippen LogP contribution in [0.15, 0.2) is 48.9 Å². The molecular formula is C25H23F3N6O3. The number of aromatic nitrogens is 5. The lowest BCUT2D eigenvalue weighted by Gasteiger charge is -2.37. The summed E-state index contributed by atoms with van der Waals surface area (Å²) in [5, 5.41) is 6.94. The van der Waals surface area contributed by atoms with E-state index in [0.29, 0.717) is 22.5 Å². The minimum atomic E-state index is -4.76. The third-order valence-electron chi connectivity index (χ3n) is 6.48. The van der Waals surface area contributed by atoms with Crippen molar-refractivity contribution in [1.29, 1.82) is 0 Å². The standard InChI is InChI=1S/C25H23F3N6O3/c1-34-13-16(19(33-34)15-6-4-3-5-7-15)20-21-17(29-14-30-20)12-18(36-2)22(31-21)32-23(35)24(25(26,27)28)8-10-37-11-9-24/h3-7,12-14H,8-11H2,1-2H3,(H,31,32,35). The van der Waals surface area contributed by atoms with Crippen molar-refractivity contribution in [1.82, 2.24) is 24.7 Å². The van der Waals surface area contributed by atoms with Crippen LogP contribution in [-0.4, -0.2) is 57.1 Å². The number of carbonyl (C=O) groups is 1. The number of aryl methyl sites for hydroxylation is 1. The number of ether oxygens (including phenoxy) is 2. The summed E-state index contributed by atoms with van der Waals surface area (Å²) >= 11 is 0. The monoisotopic (exact) mass is 512 g/mol. The molecule has 0 atom stereocenters. The van der Waals surface area contributed by atoms with Crippen molar-refractivity contribution in [2.75, 3.05) is 25.6 Å². The lowest BCUT2D eigenvalue weighted by atomic mass is 9.78. The number of anilines is 1. The van der Waals surface area contributed by atoms with E-state index in [2.05, 4.69) is 25.4 Å². The van der Waals surface area contributed by atoms with Crippen molar-refractivity contribution in [2.45, 2.75) is 19.0 Å². The fourth-order valence-corrected chi connectivity index (χ4v) is 4.47. The molecule has 12 heteroatoms. The van der Waals surface area contributed by atoms with Gasteiger partial charge in [-0.25, -0.2) is 15.0 Å². The van der Waals surface area contributed by atoms with Gasteiger partial charge in [-0.15, -0.1) is 0 Å². The second-order valence-electron chi connectivity index (χ2n) is 8.71.